The van der Waals surface area contributed by atoms with Crippen LogP contribution in [0.4, 0.5) is 0 Å². The molecule has 14 heavy (non-hydrogen) atoms. The van der Waals surface area contributed by atoms with Crippen LogP contribution in [0.1, 0.15) is 24.8 Å². The number of benzene rings is 1. The molecule has 0 aliphatic heterocycles. The molecule has 0 heterocycles. The van der Waals surface area contributed by atoms with Crippen LogP contribution in [-0.4, -0.2) is 5.78 Å². The largest absolute Gasteiger partial charge is 0.300 e. The van der Waals surface area contributed by atoms with Crippen molar-refractivity contribution in [3.63, 3.8) is 0 Å². The average molecular weight is 186 g/mol. The van der Waals surface area contributed by atoms with Gasteiger partial charge in [-0.05, 0) is 12.0 Å². The fraction of sp³-hybridized carbons (Fsp3) is 0.308. The first-order valence-electron chi connectivity index (χ1n) is 4.82. The normalized spacial score (nSPS) is 9.36. The number of carbonyl (C=O) groups is 1. The summed E-state index contributed by atoms with van der Waals surface area (Å²) < 4.78 is 0. The molecule has 0 aliphatic carbocycles. The Morgan fingerprint density at radius 3 is 2.57 bits per heavy atom. The van der Waals surface area contributed by atoms with Crippen LogP contribution >= 0.6 is 0 Å². The summed E-state index contributed by atoms with van der Waals surface area (Å²) in [6, 6.07) is 10.0. The Balaban J connectivity index is 2.28. The van der Waals surface area contributed by atoms with Crippen molar-refractivity contribution in [1.29, 1.82) is 0 Å². The maximum absolute atomic E-state index is 11.3. The van der Waals surface area contributed by atoms with Crippen molar-refractivity contribution < 1.29 is 4.79 Å². The minimum atomic E-state index is 0.256. The van der Waals surface area contributed by atoms with E-state index in [1.54, 1.807) is 0 Å². The predicted octanol–water partition coefficient (Wildman–Crippen LogP) is 2.60. The zero-order chi connectivity index (χ0) is 10.2. The van der Waals surface area contributed by atoms with Crippen LogP contribution in [0.15, 0.2) is 30.3 Å². The Morgan fingerprint density at radius 2 is 1.93 bits per heavy atom. The van der Waals surface area contributed by atoms with Gasteiger partial charge in [0.25, 0.3) is 0 Å². The van der Waals surface area contributed by atoms with Gasteiger partial charge in [-0.15, -0.1) is 12.3 Å². The molecule has 0 saturated heterocycles. The van der Waals surface area contributed by atoms with E-state index in [-0.39, 0.29) is 5.78 Å². The van der Waals surface area contributed by atoms with Gasteiger partial charge in [0.05, 0.1) is 0 Å². The van der Waals surface area contributed by atoms with Crippen molar-refractivity contribution in [3.8, 4) is 12.3 Å². The van der Waals surface area contributed by atoms with Gasteiger partial charge in [-0.2, -0.15) is 0 Å². The second-order valence-electron chi connectivity index (χ2n) is 3.23. The smallest absolute Gasteiger partial charge is 0.134 e. The van der Waals surface area contributed by atoms with Crippen molar-refractivity contribution in [1.82, 2.24) is 0 Å². The molecule has 1 rings (SSSR count). The molecule has 0 saturated carbocycles. The molecule has 0 spiro atoms. The molecule has 0 unspecified atom stereocenters. The Labute approximate surface area is 85.1 Å². The Morgan fingerprint density at radius 1 is 1.21 bits per heavy atom. The topological polar surface area (TPSA) is 17.1 Å². The van der Waals surface area contributed by atoms with Crippen molar-refractivity contribution in [2.45, 2.75) is 25.7 Å². The Hall–Kier alpha value is -1.55. The number of carbonyl (C=O) groups excluding carboxylic acids is 1. The third-order valence-electron chi connectivity index (χ3n) is 2.08. The van der Waals surface area contributed by atoms with E-state index in [0.29, 0.717) is 19.3 Å². The SMILES string of the molecule is C#CCCC(=O)CCc1ccccc1. The molecule has 0 aromatic heterocycles. The second-order valence-corrected chi connectivity index (χ2v) is 3.23. The molecule has 72 valence electrons. The summed E-state index contributed by atoms with van der Waals surface area (Å²) >= 11 is 0. The molecule has 0 aliphatic rings. The van der Waals surface area contributed by atoms with Gasteiger partial charge in [0.15, 0.2) is 0 Å². The third-order valence-corrected chi connectivity index (χ3v) is 2.08. The molecule has 1 aromatic carbocycles. The molecule has 0 radical (unpaired) electrons. The van der Waals surface area contributed by atoms with Crippen molar-refractivity contribution in [2.75, 3.05) is 0 Å². The van der Waals surface area contributed by atoms with E-state index in [2.05, 4.69) is 5.92 Å². The molecule has 1 aromatic rings. The zero-order valence-electron chi connectivity index (χ0n) is 8.20. The van der Waals surface area contributed by atoms with Crippen molar-refractivity contribution >= 4 is 5.78 Å². The first kappa shape index (κ1) is 10.5. The molecule has 0 fully saturated rings. The highest BCUT2D eigenvalue weighted by Gasteiger charge is 2.00. The summed E-state index contributed by atoms with van der Waals surface area (Å²) in [7, 11) is 0. The minimum Gasteiger partial charge on any atom is -0.300 e. The standard InChI is InChI=1S/C13H14O/c1-2-3-9-13(14)11-10-12-7-5-4-6-8-12/h1,4-8H,3,9-11H2. The van der Waals surface area contributed by atoms with Gasteiger partial charge in [-0.25, -0.2) is 0 Å². The molecule has 0 amide bonds. The van der Waals surface area contributed by atoms with E-state index in [1.807, 2.05) is 30.3 Å². The van der Waals surface area contributed by atoms with Crippen LogP contribution in [-0.2, 0) is 11.2 Å². The Bertz CT molecular complexity index is 319. The van der Waals surface area contributed by atoms with Crippen LogP contribution in [0.2, 0.25) is 0 Å². The van der Waals surface area contributed by atoms with Gasteiger partial charge in [-0.3, -0.25) is 4.79 Å². The summed E-state index contributed by atoms with van der Waals surface area (Å²) in [5.74, 6) is 2.73. The van der Waals surface area contributed by atoms with Gasteiger partial charge in [0, 0.05) is 19.3 Å². The highest BCUT2D eigenvalue weighted by atomic mass is 16.1. The van der Waals surface area contributed by atoms with Crippen LogP contribution in [0, 0.1) is 12.3 Å². The molecule has 1 heteroatoms. The summed E-state index contributed by atoms with van der Waals surface area (Å²) in [6.45, 7) is 0. The zero-order valence-corrected chi connectivity index (χ0v) is 8.20. The third kappa shape index (κ3) is 3.91. The van der Waals surface area contributed by atoms with Gasteiger partial charge in [0.2, 0.25) is 0 Å². The number of ketones is 1. The fourth-order valence-corrected chi connectivity index (χ4v) is 1.27. The summed E-state index contributed by atoms with van der Waals surface area (Å²) in [4.78, 5) is 11.3. The van der Waals surface area contributed by atoms with Crippen LogP contribution < -0.4 is 0 Å². The lowest BCUT2D eigenvalue weighted by Gasteiger charge is -1.99. The fourth-order valence-electron chi connectivity index (χ4n) is 1.27. The van der Waals surface area contributed by atoms with Crippen molar-refractivity contribution in [3.05, 3.63) is 35.9 Å². The van der Waals surface area contributed by atoms with E-state index in [9.17, 15) is 4.79 Å². The van der Waals surface area contributed by atoms with Crippen LogP contribution in [0.5, 0.6) is 0 Å². The van der Waals surface area contributed by atoms with E-state index in [1.165, 1.54) is 5.56 Å². The molecule has 1 nitrogen and oxygen atoms in total. The van der Waals surface area contributed by atoms with E-state index in [0.717, 1.165) is 6.42 Å². The number of hydrogen-bond acceptors (Lipinski definition) is 1. The summed E-state index contributed by atoms with van der Waals surface area (Å²) in [6.07, 6.45) is 7.59. The van der Waals surface area contributed by atoms with Gasteiger partial charge in [-0.1, -0.05) is 30.3 Å². The van der Waals surface area contributed by atoms with Crippen molar-refractivity contribution in [2.24, 2.45) is 0 Å². The second kappa shape index (κ2) is 5.99. The quantitative estimate of drug-likeness (QED) is 0.646. The lowest BCUT2D eigenvalue weighted by Crippen LogP contribution is -1.99. The summed E-state index contributed by atoms with van der Waals surface area (Å²) in [5.41, 5.74) is 1.21. The summed E-state index contributed by atoms with van der Waals surface area (Å²) in [5, 5.41) is 0. The highest BCUT2D eigenvalue weighted by molar-refractivity contribution is 5.78. The maximum Gasteiger partial charge on any atom is 0.134 e. The molecular weight excluding hydrogens is 172 g/mol. The van der Waals surface area contributed by atoms with Gasteiger partial charge < -0.3 is 0 Å². The number of Topliss-reactive ketones (excluding diaryl/α,β-unsaturated/α-hetero) is 1. The van der Waals surface area contributed by atoms with Gasteiger partial charge in [0.1, 0.15) is 5.78 Å². The first-order valence-corrected chi connectivity index (χ1v) is 4.82. The molecule has 0 N–H and O–H groups in total. The predicted molar refractivity (Wildman–Crippen MR) is 57.8 cm³/mol. The lowest BCUT2D eigenvalue weighted by atomic mass is 10.1. The minimum absolute atomic E-state index is 0.256. The van der Waals surface area contributed by atoms with E-state index >= 15 is 0 Å². The number of terminal acetylenes is 1. The van der Waals surface area contributed by atoms with Gasteiger partial charge >= 0.3 is 0 Å². The Kier molecular flexibility index (Phi) is 4.50. The first-order chi connectivity index (χ1) is 6.83. The maximum atomic E-state index is 11.3. The lowest BCUT2D eigenvalue weighted by molar-refractivity contribution is -0.118. The van der Waals surface area contributed by atoms with Crippen LogP contribution in [0.25, 0.3) is 0 Å². The highest BCUT2D eigenvalue weighted by Crippen LogP contribution is 2.04. The molecule has 0 atom stereocenters. The monoisotopic (exact) mass is 186 g/mol. The molecular formula is C13H14O. The van der Waals surface area contributed by atoms with Crippen LogP contribution in [0.3, 0.4) is 0 Å². The van der Waals surface area contributed by atoms with E-state index < -0.39 is 0 Å². The number of hydrogen-bond donors (Lipinski definition) is 0. The molecule has 0 bridgehead atoms. The number of aryl methyl sites for hydroxylation is 1. The van der Waals surface area contributed by atoms with E-state index in [4.69, 9.17) is 6.42 Å². The average Bonchev–Trinajstić information content (AvgIpc) is 2.25. The number of rotatable bonds is 5.